The zero-order valence-corrected chi connectivity index (χ0v) is 27.8. The van der Waals surface area contributed by atoms with Gasteiger partial charge in [-0.05, 0) is 55.6 Å². The average Bonchev–Trinajstić information content (AvgIpc) is 3.56. The molecule has 1 amide bonds. The Morgan fingerprint density at radius 3 is 2.38 bits per heavy atom. The molecule has 2 fully saturated rings. The first-order valence-electron chi connectivity index (χ1n) is 15.2. The Labute approximate surface area is 282 Å². The molecule has 7 rings (SSSR count). The highest BCUT2D eigenvalue weighted by atomic mass is 35.5. The second-order valence-electron chi connectivity index (χ2n) is 12.2. The number of anilines is 4. The first kappa shape index (κ1) is 31.0. The van der Waals surface area contributed by atoms with E-state index in [9.17, 15) is 4.79 Å². The maximum absolute atomic E-state index is 12.5. The lowest BCUT2D eigenvalue weighted by Crippen LogP contribution is -2.58. The van der Waals surface area contributed by atoms with Crippen molar-refractivity contribution in [3.8, 4) is 22.6 Å². The number of hydrogen-bond acceptors (Lipinski definition) is 9. The number of amides is 1. The molecule has 3 aromatic heterocycles. The lowest BCUT2D eigenvalue weighted by molar-refractivity contribution is -0.111. The van der Waals surface area contributed by atoms with E-state index in [-0.39, 0.29) is 5.91 Å². The molecule has 2 aromatic carbocycles. The molecule has 5 aromatic rings. The Morgan fingerprint density at radius 2 is 1.72 bits per heavy atom. The van der Waals surface area contributed by atoms with Gasteiger partial charge in [0, 0.05) is 66.7 Å². The van der Waals surface area contributed by atoms with Gasteiger partial charge in [0.25, 0.3) is 0 Å². The number of nitrogens with one attached hydrogen (secondary N) is 2. The molecule has 0 radical (unpaired) electrons. The number of likely N-dealkylation sites (tertiary alicyclic amines) is 1. The molecule has 2 aliphatic heterocycles. The number of methoxy groups -OCH3 is 2. The predicted molar refractivity (Wildman–Crippen MR) is 187 cm³/mol. The first-order chi connectivity index (χ1) is 22.7. The summed E-state index contributed by atoms with van der Waals surface area (Å²) in [4.78, 5) is 26.5. The molecule has 47 heavy (non-hydrogen) atoms. The minimum atomic E-state index is -0.296. The Hall–Kier alpha value is -4.58. The fourth-order valence-corrected chi connectivity index (χ4v) is 7.57. The number of nitrogens with zero attached hydrogens (tertiary/aromatic N) is 6. The first-order valence-corrected chi connectivity index (χ1v) is 16.0. The van der Waals surface area contributed by atoms with Crippen LogP contribution in [-0.4, -0.2) is 77.8 Å². The summed E-state index contributed by atoms with van der Waals surface area (Å²) >= 11 is 13.5. The number of rotatable bonds is 8. The van der Waals surface area contributed by atoms with E-state index < -0.39 is 0 Å². The van der Waals surface area contributed by atoms with Crippen molar-refractivity contribution in [2.75, 3.05) is 63.0 Å². The number of hydrogen-bond donors (Lipinski definition) is 2. The van der Waals surface area contributed by atoms with E-state index in [0.717, 1.165) is 42.5 Å². The molecule has 11 nitrogen and oxygen atoms in total. The van der Waals surface area contributed by atoms with Gasteiger partial charge in [-0.15, -0.1) is 0 Å². The molecule has 0 aliphatic carbocycles. The molecule has 0 unspecified atom stereocenters. The summed E-state index contributed by atoms with van der Waals surface area (Å²) in [5, 5.41) is 12.3. The minimum absolute atomic E-state index is 0.296. The third kappa shape index (κ3) is 5.58. The molecule has 242 valence electrons. The molecular weight excluding hydrogens is 639 g/mol. The summed E-state index contributed by atoms with van der Waals surface area (Å²) in [6.45, 7) is 7.94. The fraction of sp³-hybridized carbons (Fsp3) is 0.294. The van der Waals surface area contributed by atoms with E-state index >= 15 is 0 Å². The van der Waals surface area contributed by atoms with E-state index in [4.69, 9.17) is 37.7 Å². The summed E-state index contributed by atoms with van der Waals surface area (Å²) in [7, 11) is 5.24. The summed E-state index contributed by atoms with van der Waals surface area (Å²) in [6.07, 6.45) is 6.79. The molecule has 2 aliphatic rings. The molecule has 0 saturated carbocycles. The molecule has 1 spiro atoms. The average molecular weight is 674 g/mol. The van der Waals surface area contributed by atoms with Crippen LogP contribution in [0.1, 0.15) is 12.8 Å². The minimum Gasteiger partial charge on any atom is -0.495 e. The Morgan fingerprint density at radius 1 is 1.00 bits per heavy atom. The van der Waals surface area contributed by atoms with Crippen molar-refractivity contribution in [1.29, 1.82) is 0 Å². The van der Waals surface area contributed by atoms with Crippen LogP contribution < -0.4 is 25.0 Å². The molecule has 0 bridgehead atoms. The van der Waals surface area contributed by atoms with Gasteiger partial charge in [-0.2, -0.15) is 5.10 Å². The number of aromatic nitrogens is 4. The molecule has 0 atom stereocenters. The number of pyridine rings is 2. The maximum atomic E-state index is 12.5. The second-order valence-corrected chi connectivity index (χ2v) is 12.9. The van der Waals surface area contributed by atoms with Crippen molar-refractivity contribution in [3.05, 3.63) is 71.6 Å². The smallest absolute Gasteiger partial charge is 0.247 e. The van der Waals surface area contributed by atoms with Crippen molar-refractivity contribution in [2.24, 2.45) is 5.41 Å². The molecule has 2 N–H and O–H groups in total. The highest BCUT2D eigenvalue weighted by Crippen LogP contribution is 2.47. The van der Waals surface area contributed by atoms with E-state index in [1.165, 1.54) is 39.7 Å². The lowest BCUT2D eigenvalue weighted by atomic mass is 9.72. The van der Waals surface area contributed by atoms with Crippen molar-refractivity contribution >= 4 is 68.5 Å². The quantitative estimate of drug-likeness (QED) is 0.175. The molecule has 2 saturated heterocycles. The Bertz CT molecular complexity index is 2000. The monoisotopic (exact) mass is 672 g/mol. The van der Waals surface area contributed by atoms with Crippen LogP contribution in [0.4, 0.5) is 22.9 Å². The van der Waals surface area contributed by atoms with Gasteiger partial charge in [0.2, 0.25) is 5.91 Å². The van der Waals surface area contributed by atoms with E-state index in [0.29, 0.717) is 60.9 Å². The topological polar surface area (TPSA) is 109 Å². The fourth-order valence-electron chi connectivity index (χ4n) is 6.86. The largest absolute Gasteiger partial charge is 0.495 e. The summed E-state index contributed by atoms with van der Waals surface area (Å²) in [5.74, 6) is 1.09. The SMILES string of the molecule is C=CC(=O)Nc1cc(N2CCC3(CC2)CN(C)C3)ccc1Nc1cc2c(cn1)cc(-c1c(Cl)c(OC)cc(OC)c1Cl)c1ncnn12. The standard InChI is InChI=1S/C34H34Cl2N8O3/c1-5-29(45)41-24-13-21(43-10-8-34(9-11-43)17-42(2)18-34)6-7-23(24)40-28-14-25-20(16-37-28)12-22(33-38-19-39-44(25)33)30-31(35)26(46-3)15-27(47-4)32(30)36/h5-7,12-16,19H,1,8-11,17-18H2,2-4H3,(H,37,40)(H,41,45). The van der Waals surface area contributed by atoms with Crippen LogP contribution in [-0.2, 0) is 4.79 Å². The number of carbonyl (C=O) groups is 1. The van der Waals surface area contributed by atoms with Gasteiger partial charge >= 0.3 is 0 Å². The van der Waals surface area contributed by atoms with Crippen LogP contribution in [0.25, 0.3) is 27.7 Å². The van der Waals surface area contributed by atoms with Gasteiger partial charge in [-0.1, -0.05) is 29.8 Å². The third-order valence-electron chi connectivity index (χ3n) is 9.18. The van der Waals surface area contributed by atoms with E-state index in [2.05, 4.69) is 50.2 Å². The number of fused-ring (bicyclic) bond motifs is 3. The number of carbonyl (C=O) groups excluding carboxylic acids is 1. The lowest BCUT2D eigenvalue weighted by Gasteiger charge is -2.53. The van der Waals surface area contributed by atoms with Crippen molar-refractivity contribution in [1.82, 2.24) is 24.5 Å². The highest BCUT2D eigenvalue weighted by molar-refractivity contribution is 6.41. The number of halogens is 2. The number of benzene rings is 2. The third-order valence-corrected chi connectivity index (χ3v) is 9.93. The van der Waals surface area contributed by atoms with Gasteiger partial charge < -0.3 is 29.9 Å². The molecule has 5 heterocycles. The van der Waals surface area contributed by atoms with E-state index in [1.807, 2.05) is 24.3 Å². The van der Waals surface area contributed by atoms with Crippen molar-refractivity contribution < 1.29 is 14.3 Å². The predicted octanol–water partition coefficient (Wildman–Crippen LogP) is 6.67. The summed E-state index contributed by atoms with van der Waals surface area (Å²) in [5.41, 5.74) is 5.28. The number of ether oxygens (including phenoxy) is 2. The van der Waals surface area contributed by atoms with Crippen LogP contribution in [0.3, 0.4) is 0 Å². The highest BCUT2D eigenvalue weighted by Gasteiger charge is 2.43. The summed E-state index contributed by atoms with van der Waals surface area (Å²) in [6, 6.07) is 11.5. The molecular formula is C34H34Cl2N8O3. The van der Waals surface area contributed by atoms with Crippen LogP contribution in [0, 0.1) is 5.41 Å². The molecule has 13 heteroatoms. The zero-order chi connectivity index (χ0) is 32.9. The number of piperidine rings is 1. The van der Waals surface area contributed by atoms with Gasteiger partial charge in [0.15, 0.2) is 5.65 Å². The van der Waals surface area contributed by atoms with Crippen LogP contribution in [0.2, 0.25) is 10.0 Å². The maximum Gasteiger partial charge on any atom is 0.247 e. The van der Waals surface area contributed by atoms with Crippen LogP contribution in [0.15, 0.2) is 61.6 Å². The Balaban J connectivity index is 1.23. The van der Waals surface area contributed by atoms with Gasteiger partial charge in [-0.3, -0.25) is 4.79 Å². The van der Waals surface area contributed by atoms with Crippen molar-refractivity contribution in [2.45, 2.75) is 12.8 Å². The second kappa shape index (κ2) is 12.2. The zero-order valence-electron chi connectivity index (χ0n) is 26.3. The van der Waals surface area contributed by atoms with Crippen molar-refractivity contribution in [3.63, 3.8) is 0 Å². The van der Waals surface area contributed by atoms with E-state index in [1.54, 1.807) is 16.8 Å². The van der Waals surface area contributed by atoms with Gasteiger partial charge in [-0.25, -0.2) is 14.5 Å². The van der Waals surface area contributed by atoms with Gasteiger partial charge in [0.05, 0.1) is 41.2 Å². The van der Waals surface area contributed by atoms with Crippen LogP contribution in [0.5, 0.6) is 11.5 Å². The summed E-state index contributed by atoms with van der Waals surface area (Å²) < 4.78 is 12.7. The normalized spacial score (nSPS) is 15.9. The van der Waals surface area contributed by atoms with Gasteiger partial charge in [0.1, 0.15) is 23.6 Å². The van der Waals surface area contributed by atoms with Crippen LogP contribution >= 0.6 is 23.2 Å². The Kier molecular flexibility index (Phi) is 8.07.